The number of amides is 1. The summed E-state index contributed by atoms with van der Waals surface area (Å²) in [4.78, 5) is 12.0. The number of nitrogens with one attached hydrogen (secondary N) is 1. The van der Waals surface area contributed by atoms with Crippen molar-refractivity contribution in [3.63, 3.8) is 0 Å². The maximum absolute atomic E-state index is 12.0. The highest BCUT2D eigenvalue weighted by molar-refractivity contribution is 9.10. The number of aliphatic hydroxyl groups excluding tert-OH is 1. The van der Waals surface area contributed by atoms with Crippen molar-refractivity contribution < 1.29 is 9.90 Å². The quantitative estimate of drug-likeness (QED) is 0.866. The lowest BCUT2D eigenvalue weighted by Gasteiger charge is -2.28. The Morgan fingerprint density at radius 3 is 2.60 bits per heavy atom. The van der Waals surface area contributed by atoms with Crippen molar-refractivity contribution in [3.05, 3.63) is 34.3 Å². The van der Waals surface area contributed by atoms with Crippen molar-refractivity contribution >= 4 is 21.8 Å². The van der Waals surface area contributed by atoms with Gasteiger partial charge in [-0.15, -0.1) is 0 Å². The minimum absolute atomic E-state index is 0.133. The molecule has 1 aliphatic carbocycles. The van der Waals surface area contributed by atoms with Crippen LogP contribution in [0.3, 0.4) is 0 Å². The van der Waals surface area contributed by atoms with Crippen molar-refractivity contribution in [1.29, 1.82) is 0 Å². The molecule has 0 saturated heterocycles. The van der Waals surface area contributed by atoms with Gasteiger partial charge >= 0.3 is 0 Å². The number of carbonyl (C=O) groups excluding carboxylic acids is 1. The number of rotatable bonds is 5. The van der Waals surface area contributed by atoms with Gasteiger partial charge in [0.15, 0.2) is 0 Å². The lowest BCUT2D eigenvalue weighted by atomic mass is 9.86. The Bertz CT molecular complexity index is 442. The molecular formula is C16H22BrNO2. The smallest absolute Gasteiger partial charge is 0.220 e. The number of benzene rings is 1. The summed E-state index contributed by atoms with van der Waals surface area (Å²) < 4.78 is 1.07. The molecule has 0 spiro atoms. The van der Waals surface area contributed by atoms with Crippen LogP contribution in [0.5, 0.6) is 0 Å². The summed E-state index contributed by atoms with van der Waals surface area (Å²) in [7, 11) is 0. The van der Waals surface area contributed by atoms with E-state index in [1.165, 1.54) is 5.56 Å². The Balaban J connectivity index is 1.72. The van der Waals surface area contributed by atoms with Crippen LogP contribution in [0.2, 0.25) is 0 Å². The van der Waals surface area contributed by atoms with E-state index in [9.17, 15) is 4.79 Å². The zero-order valence-corrected chi connectivity index (χ0v) is 13.2. The van der Waals surface area contributed by atoms with Crippen molar-refractivity contribution in [2.45, 2.75) is 44.6 Å². The predicted molar refractivity (Wildman–Crippen MR) is 83.4 cm³/mol. The van der Waals surface area contributed by atoms with E-state index in [1.807, 2.05) is 24.3 Å². The highest BCUT2D eigenvalue weighted by Crippen LogP contribution is 2.24. The molecule has 0 bridgehead atoms. The van der Waals surface area contributed by atoms with E-state index in [0.717, 1.165) is 36.6 Å². The van der Waals surface area contributed by atoms with Gasteiger partial charge in [0.2, 0.25) is 5.91 Å². The van der Waals surface area contributed by atoms with Crippen molar-refractivity contribution in [1.82, 2.24) is 5.32 Å². The molecule has 2 N–H and O–H groups in total. The third-order valence-electron chi connectivity index (χ3n) is 4.05. The second kappa shape index (κ2) is 7.79. The molecule has 0 unspecified atom stereocenters. The van der Waals surface area contributed by atoms with Crippen LogP contribution in [0, 0.1) is 5.92 Å². The van der Waals surface area contributed by atoms with Gasteiger partial charge < -0.3 is 10.4 Å². The molecule has 1 saturated carbocycles. The SMILES string of the molecule is O=C(CCc1ccccc1Br)NC1CCC(CO)CC1. The first-order chi connectivity index (χ1) is 9.69. The Kier molecular flexibility index (Phi) is 6.05. The van der Waals surface area contributed by atoms with Crippen LogP contribution in [-0.4, -0.2) is 23.7 Å². The van der Waals surface area contributed by atoms with Crippen LogP contribution in [0.1, 0.15) is 37.7 Å². The molecule has 1 aromatic carbocycles. The summed E-state index contributed by atoms with van der Waals surface area (Å²) in [6.45, 7) is 0.280. The zero-order chi connectivity index (χ0) is 14.4. The number of hydrogen-bond donors (Lipinski definition) is 2. The first-order valence-electron chi connectivity index (χ1n) is 7.32. The molecule has 1 amide bonds. The van der Waals surface area contributed by atoms with Crippen molar-refractivity contribution in [2.75, 3.05) is 6.61 Å². The standard InChI is InChI=1S/C16H22BrNO2/c17-15-4-2-1-3-13(15)7-10-16(20)18-14-8-5-12(11-19)6-9-14/h1-4,12,14,19H,5-11H2,(H,18,20). The molecule has 0 atom stereocenters. The van der Waals surface area contributed by atoms with E-state index in [2.05, 4.69) is 21.2 Å². The van der Waals surface area contributed by atoms with Gasteiger partial charge in [0.25, 0.3) is 0 Å². The molecule has 2 rings (SSSR count). The van der Waals surface area contributed by atoms with Gasteiger partial charge in [0.05, 0.1) is 0 Å². The van der Waals surface area contributed by atoms with Gasteiger partial charge in [-0.25, -0.2) is 0 Å². The average Bonchev–Trinajstić information content (AvgIpc) is 2.47. The van der Waals surface area contributed by atoms with Crippen LogP contribution in [0.15, 0.2) is 28.7 Å². The first-order valence-corrected chi connectivity index (χ1v) is 8.12. The Morgan fingerprint density at radius 1 is 1.25 bits per heavy atom. The number of aliphatic hydroxyl groups is 1. The summed E-state index contributed by atoms with van der Waals surface area (Å²) in [5.41, 5.74) is 1.17. The molecule has 0 aromatic heterocycles. The second-order valence-corrected chi connectivity index (χ2v) is 6.41. The Hall–Kier alpha value is -0.870. The fourth-order valence-electron chi connectivity index (χ4n) is 2.74. The summed E-state index contributed by atoms with van der Waals surface area (Å²) in [5, 5.41) is 12.2. The van der Waals surface area contributed by atoms with E-state index < -0.39 is 0 Å². The summed E-state index contributed by atoms with van der Waals surface area (Å²) in [5.74, 6) is 0.566. The highest BCUT2D eigenvalue weighted by atomic mass is 79.9. The van der Waals surface area contributed by atoms with Crippen LogP contribution in [-0.2, 0) is 11.2 Å². The Morgan fingerprint density at radius 2 is 1.95 bits per heavy atom. The van der Waals surface area contributed by atoms with Crippen LogP contribution >= 0.6 is 15.9 Å². The van der Waals surface area contributed by atoms with Crippen LogP contribution < -0.4 is 5.32 Å². The van der Waals surface area contributed by atoms with Gasteiger partial charge in [-0.2, -0.15) is 0 Å². The second-order valence-electron chi connectivity index (χ2n) is 5.56. The average molecular weight is 340 g/mol. The van der Waals surface area contributed by atoms with E-state index >= 15 is 0 Å². The normalized spacial score (nSPS) is 22.5. The maximum Gasteiger partial charge on any atom is 0.220 e. The fraction of sp³-hybridized carbons (Fsp3) is 0.562. The lowest BCUT2D eigenvalue weighted by molar-refractivity contribution is -0.122. The van der Waals surface area contributed by atoms with Gasteiger partial charge in [-0.3, -0.25) is 4.79 Å². The summed E-state index contributed by atoms with van der Waals surface area (Å²) in [6.07, 6.45) is 5.32. The van der Waals surface area contributed by atoms with E-state index in [4.69, 9.17) is 5.11 Å². The third-order valence-corrected chi connectivity index (χ3v) is 4.82. The summed E-state index contributed by atoms with van der Waals surface area (Å²) in [6, 6.07) is 8.32. The molecular weight excluding hydrogens is 318 g/mol. The minimum atomic E-state index is 0.133. The first kappa shape index (κ1) is 15.5. The minimum Gasteiger partial charge on any atom is -0.396 e. The monoisotopic (exact) mass is 339 g/mol. The van der Waals surface area contributed by atoms with Crippen molar-refractivity contribution in [2.24, 2.45) is 5.92 Å². The third kappa shape index (κ3) is 4.60. The number of hydrogen-bond acceptors (Lipinski definition) is 2. The molecule has 20 heavy (non-hydrogen) atoms. The molecule has 0 aliphatic heterocycles. The maximum atomic E-state index is 12.0. The topological polar surface area (TPSA) is 49.3 Å². The largest absolute Gasteiger partial charge is 0.396 e. The molecule has 110 valence electrons. The molecule has 1 aliphatic rings. The van der Waals surface area contributed by atoms with Crippen LogP contribution in [0.25, 0.3) is 0 Å². The molecule has 1 fully saturated rings. The molecule has 0 radical (unpaired) electrons. The summed E-state index contributed by atoms with van der Waals surface area (Å²) >= 11 is 3.50. The van der Waals surface area contributed by atoms with Gasteiger partial charge in [0.1, 0.15) is 0 Å². The lowest BCUT2D eigenvalue weighted by Crippen LogP contribution is -2.38. The van der Waals surface area contributed by atoms with E-state index in [-0.39, 0.29) is 12.5 Å². The van der Waals surface area contributed by atoms with Gasteiger partial charge in [0, 0.05) is 23.5 Å². The fourth-order valence-corrected chi connectivity index (χ4v) is 3.22. The molecule has 3 nitrogen and oxygen atoms in total. The number of carbonyl (C=O) groups is 1. The van der Waals surface area contributed by atoms with E-state index in [0.29, 0.717) is 18.4 Å². The molecule has 1 aromatic rings. The zero-order valence-electron chi connectivity index (χ0n) is 11.6. The van der Waals surface area contributed by atoms with Crippen LogP contribution in [0.4, 0.5) is 0 Å². The molecule has 4 heteroatoms. The molecule has 0 heterocycles. The highest BCUT2D eigenvalue weighted by Gasteiger charge is 2.21. The Labute approximate surface area is 128 Å². The van der Waals surface area contributed by atoms with Gasteiger partial charge in [-0.1, -0.05) is 34.1 Å². The number of aryl methyl sites for hydroxylation is 1. The predicted octanol–water partition coefficient (Wildman–Crippen LogP) is 3.05. The van der Waals surface area contributed by atoms with E-state index in [1.54, 1.807) is 0 Å². The van der Waals surface area contributed by atoms with Gasteiger partial charge in [-0.05, 0) is 49.7 Å². The van der Waals surface area contributed by atoms with Crippen molar-refractivity contribution in [3.8, 4) is 0 Å². The number of halogens is 1.